The Hall–Kier alpha value is -2.11. The number of rotatable bonds is 7. The summed E-state index contributed by atoms with van der Waals surface area (Å²) in [6.07, 6.45) is 0.190. The molecule has 0 unspecified atom stereocenters. The topological polar surface area (TPSA) is 67.4 Å². The molecule has 2 amide bonds. The Morgan fingerprint density at radius 3 is 2.64 bits per heavy atom. The van der Waals surface area contributed by atoms with E-state index in [1.165, 1.54) is 24.3 Å². The molecule has 0 heterocycles. The molecular formula is C16H23FN2O3. The molecule has 2 N–H and O–H groups in total. The molecule has 5 nitrogen and oxygen atoms in total. The van der Waals surface area contributed by atoms with Gasteiger partial charge in [-0.05, 0) is 37.5 Å². The van der Waals surface area contributed by atoms with Gasteiger partial charge in [0.25, 0.3) is 5.91 Å². The van der Waals surface area contributed by atoms with E-state index in [0.29, 0.717) is 12.3 Å². The van der Waals surface area contributed by atoms with Gasteiger partial charge in [-0.3, -0.25) is 4.79 Å². The smallest absolute Gasteiger partial charge is 0.407 e. The average molecular weight is 310 g/mol. The molecule has 0 fully saturated rings. The van der Waals surface area contributed by atoms with Crippen molar-refractivity contribution in [3.8, 4) is 0 Å². The molecule has 1 aromatic carbocycles. The van der Waals surface area contributed by atoms with Crippen LogP contribution in [-0.2, 0) is 4.74 Å². The maximum Gasteiger partial charge on any atom is 0.407 e. The molecule has 0 spiro atoms. The van der Waals surface area contributed by atoms with Gasteiger partial charge >= 0.3 is 6.09 Å². The lowest BCUT2D eigenvalue weighted by atomic mass is 10.0. The number of carbonyl (C=O) groups excluding carboxylic acids is 2. The molecule has 0 aliphatic carbocycles. The van der Waals surface area contributed by atoms with E-state index in [0.717, 1.165) is 0 Å². The molecule has 1 rings (SSSR count). The summed E-state index contributed by atoms with van der Waals surface area (Å²) in [5.41, 5.74) is 0.249. The fraction of sp³-hybridized carbons (Fsp3) is 0.500. The van der Waals surface area contributed by atoms with E-state index in [1.54, 1.807) is 6.92 Å². The van der Waals surface area contributed by atoms with Gasteiger partial charge in [-0.25, -0.2) is 9.18 Å². The third kappa shape index (κ3) is 6.56. The number of nitrogens with one attached hydrogen (secondary N) is 2. The van der Waals surface area contributed by atoms with Crippen LogP contribution in [0.1, 0.15) is 37.6 Å². The Morgan fingerprint density at radius 1 is 1.32 bits per heavy atom. The largest absolute Gasteiger partial charge is 0.450 e. The van der Waals surface area contributed by atoms with Crippen LogP contribution in [0, 0.1) is 11.7 Å². The van der Waals surface area contributed by atoms with Crippen LogP contribution in [0.4, 0.5) is 9.18 Å². The van der Waals surface area contributed by atoms with Crippen LogP contribution in [-0.4, -0.2) is 31.2 Å². The number of alkyl carbamates (subject to hydrolysis) is 1. The van der Waals surface area contributed by atoms with Gasteiger partial charge in [0.15, 0.2) is 0 Å². The summed E-state index contributed by atoms with van der Waals surface area (Å²) < 4.78 is 18.0. The van der Waals surface area contributed by atoms with Gasteiger partial charge in [0.05, 0.1) is 6.61 Å². The highest BCUT2D eigenvalue weighted by atomic mass is 19.1. The lowest BCUT2D eigenvalue weighted by Gasteiger charge is -2.20. The first kappa shape index (κ1) is 17.9. The minimum absolute atomic E-state index is 0.239. The highest BCUT2D eigenvalue weighted by molar-refractivity contribution is 5.94. The van der Waals surface area contributed by atoms with Crippen molar-refractivity contribution < 1.29 is 18.7 Å². The third-order valence-corrected chi connectivity index (χ3v) is 2.95. The van der Waals surface area contributed by atoms with Crippen LogP contribution in [0.15, 0.2) is 24.3 Å². The minimum atomic E-state index is -0.506. The number of hydrogen-bond donors (Lipinski definition) is 2. The number of halogens is 1. The SMILES string of the molecule is CCOC(=O)N[C@H](CNC(=O)c1cccc(F)c1)CC(C)C. The van der Waals surface area contributed by atoms with E-state index >= 15 is 0 Å². The van der Waals surface area contributed by atoms with Gasteiger partial charge in [-0.1, -0.05) is 19.9 Å². The van der Waals surface area contributed by atoms with Gasteiger partial charge in [0, 0.05) is 18.2 Å². The Morgan fingerprint density at radius 2 is 2.05 bits per heavy atom. The summed E-state index contributed by atoms with van der Waals surface area (Å²) in [5.74, 6) is -0.493. The van der Waals surface area contributed by atoms with Crippen molar-refractivity contribution >= 4 is 12.0 Å². The molecule has 0 aliphatic rings. The van der Waals surface area contributed by atoms with Crippen molar-refractivity contribution in [1.29, 1.82) is 0 Å². The standard InChI is InChI=1S/C16H23FN2O3/c1-4-22-16(21)19-14(8-11(2)3)10-18-15(20)12-6-5-7-13(17)9-12/h5-7,9,11,14H,4,8,10H2,1-3H3,(H,18,20)(H,19,21)/t14-/m0/s1. The molecule has 0 aliphatic heterocycles. The van der Waals surface area contributed by atoms with Crippen LogP contribution < -0.4 is 10.6 Å². The van der Waals surface area contributed by atoms with E-state index in [9.17, 15) is 14.0 Å². The summed E-state index contributed by atoms with van der Waals surface area (Å²) in [7, 11) is 0. The quantitative estimate of drug-likeness (QED) is 0.813. The number of carbonyl (C=O) groups is 2. The molecule has 1 aromatic rings. The second kappa shape index (κ2) is 9.02. The van der Waals surface area contributed by atoms with Crippen LogP contribution in [0.25, 0.3) is 0 Å². The van der Waals surface area contributed by atoms with Crippen LogP contribution in [0.2, 0.25) is 0 Å². The van der Waals surface area contributed by atoms with Crippen molar-refractivity contribution in [3.05, 3.63) is 35.6 Å². The summed E-state index contributed by atoms with van der Waals surface area (Å²) in [5, 5.41) is 5.42. The highest BCUT2D eigenvalue weighted by Gasteiger charge is 2.16. The lowest BCUT2D eigenvalue weighted by molar-refractivity contribution is 0.0944. The zero-order valence-corrected chi connectivity index (χ0v) is 13.2. The zero-order chi connectivity index (χ0) is 16.5. The van der Waals surface area contributed by atoms with E-state index in [1.807, 2.05) is 13.8 Å². The van der Waals surface area contributed by atoms with Gasteiger partial charge in [0.1, 0.15) is 5.82 Å². The Labute approximate surface area is 130 Å². The number of amides is 2. The van der Waals surface area contributed by atoms with Crippen molar-refractivity contribution in [2.75, 3.05) is 13.2 Å². The number of hydrogen-bond acceptors (Lipinski definition) is 3. The molecule has 22 heavy (non-hydrogen) atoms. The molecule has 0 radical (unpaired) electrons. The molecular weight excluding hydrogens is 287 g/mol. The Balaban J connectivity index is 2.58. The maximum atomic E-state index is 13.1. The molecule has 122 valence electrons. The predicted octanol–water partition coefficient (Wildman–Crippen LogP) is 2.72. The monoisotopic (exact) mass is 310 g/mol. The van der Waals surface area contributed by atoms with Crippen molar-refractivity contribution in [1.82, 2.24) is 10.6 Å². The average Bonchev–Trinajstić information content (AvgIpc) is 2.44. The summed E-state index contributed by atoms with van der Waals surface area (Å²) in [6, 6.07) is 5.23. The third-order valence-electron chi connectivity index (χ3n) is 2.95. The predicted molar refractivity (Wildman–Crippen MR) is 82.1 cm³/mol. The minimum Gasteiger partial charge on any atom is -0.450 e. The molecule has 0 bridgehead atoms. The van der Waals surface area contributed by atoms with Gasteiger partial charge in [0.2, 0.25) is 0 Å². The molecule has 0 aromatic heterocycles. The summed E-state index contributed by atoms with van der Waals surface area (Å²) >= 11 is 0. The Bertz CT molecular complexity index is 506. The second-order valence-corrected chi connectivity index (χ2v) is 5.41. The van der Waals surface area contributed by atoms with E-state index in [4.69, 9.17) is 4.74 Å². The second-order valence-electron chi connectivity index (χ2n) is 5.41. The maximum absolute atomic E-state index is 13.1. The van der Waals surface area contributed by atoms with Gasteiger partial charge < -0.3 is 15.4 Å². The van der Waals surface area contributed by atoms with E-state index < -0.39 is 11.9 Å². The van der Waals surface area contributed by atoms with Crippen molar-refractivity contribution in [2.45, 2.75) is 33.2 Å². The van der Waals surface area contributed by atoms with E-state index in [-0.39, 0.29) is 30.7 Å². The lowest BCUT2D eigenvalue weighted by Crippen LogP contribution is -2.44. The Kier molecular flexibility index (Phi) is 7.36. The molecule has 1 atom stereocenters. The normalized spacial score (nSPS) is 11.9. The summed E-state index contributed by atoms with van der Waals surface area (Å²) in [4.78, 5) is 23.5. The summed E-state index contributed by atoms with van der Waals surface area (Å²) in [6.45, 7) is 6.31. The molecule has 6 heteroatoms. The fourth-order valence-corrected chi connectivity index (χ4v) is 2.05. The molecule has 0 saturated heterocycles. The first-order valence-corrected chi connectivity index (χ1v) is 7.39. The zero-order valence-electron chi connectivity index (χ0n) is 13.2. The van der Waals surface area contributed by atoms with Crippen molar-refractivity contribution in [3.63, 3.8) is 0 Å². The van der Waals surface area contributed by atoms with Crippen LogP contribution in [0.3, 0.4) is 0 Å². The van der Waals surface area contributed by atoms with E-state index in [2.05, 4.69) is 10.6 Å². The van der Waals surface area contributed by atoms with Gasteiger partial charge in [-0.15, -0.1) is 0 Å². The first-order valence-electron chi connectivity index (χ1n) is 7.39. The fourth-order valence-electron chi connectivity index (χ4n) is 2.05. The van der Waals surface area contributed by atoms with Crippen molar-refractivity contribution in [2.24, 2.45) is 5.92 Å². The number of benzene rings is 1. The van der Waals surface area contributed by atoms with Crippen LogP contribution >= 0.6 is 0 Å². The highest BCUT2D eigenvalue weighted by Crippen LogP contribution is 2.06. The van der Waals surface area contributed by atoms with Crippen LogP contribution in [0.5, 0.6) is 0 Å². The first-order chi connectivity index (χ1) is 10.4. The molecule has 0 saturated carbocycles. The number of ether oxygens (including phenoxy) is 1. The van der Waals surface area contributed by atoms with Gasteiger partial charge in [-0.2, -0.15) is 0 Å².